The van der Waals surface area contributed by atoms with E-state index in [0.717, 1.165) is 0 Å². The van der Waals surface area contributed by atoms with Crippen molar-refractivity contribution in [2.24, 2.45) is 11.7 Å². The number of nitrogens with two attached hydrogens (primary N) is 1. The molecule has 0 saturated carbocycles. The Labute approximate surface area is 163 Å². The predicted octanol–water partition coefficient (Wildman–Crippen LogP) is 1.83. The minimum atomic E-state index is -3.09. The summed E-state index contributed by atoms with van der Waals surface area (Å²) >= 11 is 0. The van der Waals surface area contributed by atoms with Crippen molar-refractivity contribution in [3.8, 4) is 5.75 Å². The van der Waals surface area contributed by atoms with Gasteiger partial charge in [-0.3, -0.25) is 9.59 Å². The molecule has 1 aromatic carbocycles. The molecule has 6 nitrogen and oxygen atoms in total. The number of nitrogens with zero attached hydrogens (tertiary/aromatic N) is 1. The topological polar surface area (TPSA) is 84.7 Å². The summed E-state index contributed by atoms with van der Waals surface area (Å²) in [4.78, 5) is 25.8. The molecule has 1 aliphatic rings. The van der Waals surface area contributed by atoms with Crippen molar-refractivity contribution in [3.05, 3.63) is 30.3 Å². The highest BCUT2D eigenvalue weighted by atomic mass is 35.5. The largest absolute Gasteiger partial charge is 0.493 e. The van der Waals surface area contributed by atoms with Gasteiger partial charge in [-0.2, -0.15) is 0 Å². The molecule has 1 heterocycles. The van der Waals surface area contributed by atoms with Crippen molar-refractivity contribution in [2.45, 2.75) is 25.2 Å². The van der Waals surface area contributed by atoms with E-state index in [1.807, 2.05) is 30.3 Å². The van der Waals surface area contributed by atoms with E-state index < -0.39 is 24.9 Å². The molecule has 0 atom stereocenters. The molecule has 1 fully saturated rings. The van der Waals surface area contributed by atoms with E-state index in [1.54, 1.807) is 4.90 Å². The first kappa shape index (κ1) is 23.1. The van der Waals surface area contributed by atoms with Crippen LogP contribution < -0.4 is 15.8 Å². The number of piperidine rings is 1. The number of carbonyl (C=O) groups excluding carboxylic acids is 2. The molecule has 2 amide bonds. The molecular weight excluding hydrogens is 380 g/mol. The molecule has 1 aromatic rings. The Hall–Kier alpha value is -1.93. The average molecular weight is 406 g/mol. The first-order valence-corrected chi connectivity index (χ1v) is 8.72. The van der Waals surface area contributed by atoms with E-state index in [9.17, 15) is 18.4 Å². The van der Waals surface area contributed by atoms with Gasteiger partial charge in [0.1, 0.15) is 5.75 Å². The molecule has 1 saturated heterocycles. The Kier molecular flexibility index (Phi) is 9.45. The van der Waals surface area contributed by atoms with Crippen LogP contribution in [0.1, 0.15) is 19.3 Å². The number of halogens is 3. The number of amides is 2. The molecule has 27 heavy (non-hydrogen) atoms. The smallest absolute Gasteiger partial charge is 0.277 e. The minimum absolute atomic E-state index is 0. The summed E-state index contributed by atoms with van der Waals surface area (Å²) in [5.74, 6) is -3.17. The van der Waals surface area contributed by atoms with Crippen molar-refractivity contribution in [3.63, 3.8) is 0 Å². The minimum Gasteiger partial charge on any atom is -0.493 e. The molecule has 152 valence electrons. The molecule has 0 aliphatic carbocycles. The Morgan fingerprint density at radius 1 is 1.22 bits per heavy atom. The van der Waals surface area contributed by atoms with E-state index in [2.05, 4.69) is 5.32 Å². The number of carbonyl (C=O) groups is 2. The first-order valence-electron chi connectivity index (χ1n) is 8.72. The number of ether oxygens (including phenoxy) is 1. The number of rotatable bonds is 8. The zero-order chi connectivity index (χ0) is 19.0. The molecule has 0 radical (unpaired) electrons. The number of nitrogens with one attached hydrogen (secondary N) is 1. The molecule has 0 unspecified atom stereocenters. The lowest BCUT2D eigenvalue weighted by Crippen LogP contribution is -2.47. The third kappa shape index (κ3) is 7.68. The number of likely N-dealkylation sites (tertiary alicyclic amines) is 1. The summed E-state index contributed by atoms with van der Waals surface area (Å²) < 4.78 is 31.7. The van der Waals surface area contributed by atoms with E-state index >= 15 is 0 Å². The van der Waals surface area contributed by atoms with Gasteiger partial charge in [-0.25, -0.2) is 8.78 Å². The molecule has 0 bridgehead atoms. The predicted molar refractivity (Wildman–Crippen MR) is 100 cm³/mol. The quantitative estimate of drug-likeness (QED) is 0.691. The normalized spacial score (nSPS) is 15.0. The molecular formula is C18H26ClF2N3O3. The van der Waals surface area contributed by atoms with Gasteiger partial charge in [0.15, 0.2) is 0 Å². The maximum atomic E-state index is 13.1. The highest BCUT2D eigenvalue weighted by molar-refractivity contribution is 5.85. The zero-order valence-corrected chi connectivity index (χ0v) is 15.9. The lowest BCUT2D eigenvalue weighted by molar-refractivity contribution is -0.136. The Balaban J connectivity index is 0.00000364. The van der Waals surface area contributed by atoms with Crippen LogP contribution in [0.4, 0.5) is 8.78 Å². The number of hydrogen-bond acceptors (Lipinski definition) is 4. The van der Waals surface area contributed by atoms with Crippen LogP contribution in [0.3, 0.4) is 0 Å². The van der Waals surface area contributed by atoms with Gasteiger partial charge in [-0.05, 0) is 25.0 Å². The zero-order valence-electron chi connectivity index (χ0n) is 15.0. The number of hydrogen-bond donors (Lipinski definition) is 2. The lowest BCUT2D eigenvalue weighted by atomic mass is 9.95. The van der Waals surface area contributed by atoms with Crippen molar-refractivity contribution < 1.29 is 23.1 Å². The molecule has 2 rings (SSSR count). The van der Waals surface area contributed by atoms with Crippen LogP contribution in [0.15, 0.2) is 30.3 Å². The van der Waals surface area contributed by atoms with Gasteiger partial charge in [-0.15, -0.1) is 12.4 Å². The van der Waals surface area contributed by atoms with Crippen molar-refractivity contribution in [1.29, 1.82) is 0 Å². The standard InChI is InChI=1S/C18H25F2N3O3.ClH/c19-18(20,12-21)13-22-17(25)14-6-9-23(10-7-14)16(24)8-11-26-15-4-2-1-3-5-15;/h1-5,14H,6-13,21H2,(H,22,25);1H. The van der Waals surface area contributed by atoms with Crippen LogP contribution in [-0.2, 0) is 9.59 Å². The fraction of sp³-hybridized carbons (Fsp3) is 0.556. The van der Waals surface area contributed by atoms with Crippen molar-refractivity contribution in [1.82, 2.24) is 10.2 Å². The second-order valence-corrected chi connectivity index (χ2v) is 6.34. The summed E-state index contributed by atoms with van der Waals surface area (Å²) in [6, 6.07) is 9.24. The van der Waals surface area contributed by atoms with Crippen LogP contribution in [-0.4, -0.2) is 55.4 Å². The van der Waals surface area contributed by atoms with Crippen LogP contribution in [0, 0.1) is 5.92 Å². The third-order valence-corrected chi connectivity index (χ3v) is 4.37. The van der Waals surface area contributed by atoms with Gasteiger partial charge in [0.05, 0.1) is 26.1 Å². The van der Waals surface area contributed by atoms with Gasteiger partial charge in [-0.1, -0.05) is 18.2 Å². The van der Waals surface area contributed by atoms with Crippen molar-refractivity contribution >= 4 is 24.2 Å². The Morgan fingerprint density at radius 2 is 1.85 bits per heavy atom. The molecule has 1 aliphatic heterocycles. The summed E-state index contributed by atoms with van der Waals surface area (Å²) in [7, 11) is 0. The van der Waals surface area contributed by atoms with Crippen LogP contribution in [0.2, 0.25) is 0 Å². The van der Waals surface area contributed by atoms with Gasteiger partial charge in [0, 0.05) is 19.0 Å². The summed E-state index contributed by atoms with van der Waals surface area (Å²) in [6.07, 6.45) is 1.19. The van der Waals surface area contributed by atoms with Gasteiger partial charge in [0.2, 0.25) is 11.8 Å². The number of para-hydroxylation sites is 1. The fourth-order valence-corrected chi connectivity index (χ4v) is 2.76. The monoisotopic (exact) mass is 405 g/mol. The summed E-state index contributed by atoms with van der Waals surface area (Å²) in [5, 5.41) is 2.25. The molecule has 3 N–H and O–H groups in total. The highest BCUT2D eigenvalue weighted by Gasteiger charge is 2.31. The highest BCUT2D eigenvalue weighted by Crippen LogP contribution is 2.19. The maximum Gasteiger partial charge on any atom is 0.277 e. The van der Waals surface area contributed by atoms with Gasteiger partial charge >= 0.3 is 0 Å². The average Bonchev–Trinajstić information content (AvgIpc) is 2.67. The van der Waals surface area contributed by atoms with Crippen LogP contribution in [0.5, 0.6) is 5.75 Å². The van der Waals surface area contributed by atoms with Crippen molar-refractivity contribution in [2.75, 3.05) is 32.8 Å². The summed E-state index contributed by atoms with van der Waals surface area (Å²) in [6.45, 7) is -0.383. The maximum absolute atomic E-state index is 13.1. The first-order chi connectivity index (χ1) is 12.4. The van der Waals surface area contributed by atoms with Crippen LogP contribution in [0.25, 0.3) is 0 Å². The second-order valence-electron chi connectivity index (χ2n) is 6.34. The van der Waals surface area contributed by atoms with E-state index in [0.29, 0.717) is 31.7 Å². The second kappa shape index (κ2) is 11.0. The number of benzene rings is 1. The molecule has 0 aromatic heterocycles. The SMILES string of the molecule is Cl.NCC(F)(F)CNC(=O)C1CCN(C(=O)CCOc2ccccc2)CC1. The van der Waals surface area contributed by atoms with E-state index in [-0.39, 0.29) is 37.3 Å². The Bertz CT molecular complexity index is 597. The number of alkyl halides is 2. The van der Waals surface area contributed by atoms with Gasteiger partial charge < -0.3 is 20.7 Å². The Morgan fingerprint density at radius 3 is 2.44 bits per heavy atom. The summed E-state index contributed by atoms with van der Waals surface area (Å²) in [5.41, 5.74) is 4.94. The van der Waals surface area contributed by atoms with Crippen LogP contribution >= 0.6 is 12.4 Å². The molecule has 9 heteroatoms. The third-order valence-electron chi connectivity index (χ3n) is 4.37. The lowest BCUT2D eigenvalue weighted by Gasteiger charge is -2.31. The van der Waals surface area contributed by atoms with E-state index in [4.69, 9.17) is 10.5 Å². The van der Waals surface area contributed by atoms with Gasteiger partial charge in [0.25, 0.3) is 5.92 Å². The fourth-order valence-electron chi connectivity index (χ4n) is 2.76. The molecule has 0 spiro atoms. The van der Waals surface area contributed by atoms with E-state index in [1.165, 1.54) is 0 Å².